The summed E-state index contributed by atoms with van der Waals surface area (Å²) >= 11 is 0. The lowest BCUT2D eigenvalue weighted by molar-refractivity contribution is 1.48. The topological polar surface area (TPSA) is 0 Å². The van der Waals surface area contributed by atoms with E-state index in [1.54, 1.807) is 6.08 Å². The summed E-state index contributed by atoms with van der Waals surface area (Å²) in [6, 6.07) is 7.96. The number of hydrogen-bond acceptors (Lipinski definition) is 0. The molecule has 64 valence electrons. The van der Waals surface area contributed by atoms with Crippen molar-refractivity contribution < 1.29 is 0 Å². The van der Waals surface area contributed by atoms with Crippen LogP contribution in [-0.4, -0.2) is 0 Å². The smallest absolute Gasteiger partial charge is 0.0317 e. The van der Waals surface area contributed by atoms with E-state index in [2.05, 4.69) is 25.0 Å². The number of benzene rings is 1. The summed E-state index contributed by atoms with van der Waals surface area (Å²) < 4.78 is 0. The molecule has 0 spiro atoms. The van der Waals surface area contributed by atoms with Crippen molar-refractivity contribution in [2.75, 3.05) is 0 Å². The molecule has 0 amide bonds. The average Bonchev–Trinajstić information content (AvgIpc) is 2.19. The zero-order chi connectivity index (χ0) is 9.52. The number of hydrogen-bond donors (Lipinski definition) is 0. The molecule has 1 aromatic rings. The first kappa shape index (κ1) is 9.35. The Labute approximate surface area is 79.6 Å². The molecule has 0 N–H and O–H groups in total. The van der Waals surface area contributed by atoms with E-state index in [1.165, 1.54) is 0 Å². The van der Waals surface area contributed by atoms with E-state index in [1.807, 2.05) is 30.3 Å². The number of rotatable bonds is 2. The van der Waals surface area contributed by atoms with Gasteiger partial charge in [-0.3, -0.25) is 0 Å². The van der Waals surface area contributed by atoms with Crippen molar-refractivity contribution in [3.05, 3.63) is 54.6 Å². The predicted octanol–water partition coefficient (Wildman–Crippen LogP) is 3.26. The van der Waals surface area contributed by atoms with Crippen LogP contribution in [0.25, 0.3) is 6.08 Å². The van der Waals surface area contributed by atoms with Gasteiger partial charge in [-0.05, 0) is 11.6 Å². The van der Waals surface area contributed by atoms with E-state index >= 15 is 0 Å². The van der Waals surface area contributed by atoms with Gasteiger partial charge >= 0.3 is 0 Å². The lowest BCUT2D eigenvalue weighted by Crippen LogP contribution is -1.79. The van der Waals surface area contributed by atoms with Crippen molar-refractivity contribution in [1.29, 1.82) is 0 Å². The molecule has 0 aliphatic carbocycles. The summed E-state index contributed by atoms with van der Waals surface area (Å²) in [6.45, 7) is 7.34. The third kappa shape index (κ3) is 2.65. The molecule has 0 fully saturated rings. The van der Waals surface area contributed by atoms with Gasteiger partial charge in [-0.15, -0.1) is 6.58 Å². The maximum absolute atomic E-state index is 3.73. The minimum atomic E-state index is 0.728. The second kappa shape index (κ2) is 5.00. The summed E-state index contributed by atoms with van der Waals surface area (Å²) in [4.78, 5) is 0. The van der Waals surface area contributed by atoms with Crippen molar-refractivity contribution in [2.24, 2.45) is 0 Å². The first-order valence-corrected chi connectivity index (χ1v) is 4.19. The largest absolute Gasteiger partial charge is 0.102 e. The Balaban J connectivity index is 2.94. The molecule has 0 saturated heterocycles. The molecule has 0 nitrogen and oxygen atoms in total. The Bertz CT molecular complexity index is 361. The Morgan fingerprint density at radius 3 is 2.69 bits per heavy atom. The van der Waals surface area contributed by atoms with Gasteiger partial charge in [0.15, 0.2) is 0 Å². The molecule has 0 aliphatic rings. The van der Waals surface area contributed by atoms with E-state index in [4.69, 9.17) is 0 Å². The highest BCUT2D eigenvalue weighted by molar-refractivity contribution is 5.57. The average molecular weight is 168 g/mol. The zero-order valence-electron chi connectivity index (χ0n) is 7.59. The normalized spacial score (nSPS) is 8.31. The van der Waals surface area contributed by atoms with Crippen molar-refractivity contribution in [3.8, 4) is 11.8 Å². The molecular formula is C13H12. The van der Waals surface area contributed by atoms with Crippen LogP contribution in [0.15, 0.2) is 43.5 Å². The molecule has 0 aromatic heterocycles. The van der Waals surface area contributed by atoms with Gasteiger partial charge in [0, 0.05) is 12.0 Å². The van der Waals surface area contributed by atoms with E-state index in [0.717, 1.165) is 17.5 Å². The van der Waals surface area contributed by atoms with Gasteiger partial charge in [-0.1, -0.05) is 48.8 Å². The highest BCUT2D eigenvalue weighted by Crippen LogP contribution is 2.07. The van der Waals surface area contributed by atoms with Crippen LogP contribution in [0, 0.1) is 11.8 Å². The van der Waals surface area contributed by atoms with Crippen LogP contribution in [0.5, 0.6) is 0 Å². The summed E-state index contributed by atoms with van der Waals surface area (Å²) in [5.41, 5.74) is 2.11. The number of allylic oxidation sites excluding steroid dienone is 1. The van der Waals surface area contributed by atoms with Gasteiger partial charge in [0.2, 0.25) is 0 Å². The molecule has 0 heteroatoms. The SMILES string of the molecule is C=CCC#Cc1ccccc1C=C. The fourth-order valence-electron chi connectivity index (χ4n) is 1.01. The van der Waals surface area contributed by atoms with Gasteiger partial charge in [0.05, 0.1) is 0 Å². The monoisotopic (exact) mass is 168 g/mol. The molecule has 0 heterocycles. The van der Waals surface area contributed by atoms with Crippen LogP contribution in [0.1, 0.15) is 17.5 Å². The van der Waals surface area contributed by atoms with Gasteiger partial charge in [-0.25, -0.2) is 0 Å². The van der Waals surface area contributed by atoms with Crippen molar-refractivity contribution in [3.63, 3.8) is 0 Å². The minimum Gasteiger partial charge on any atom is -0.102 e. The van der Waals surface area contributed by atoms with E-state index in [0.29, 0.717) is 0 Å². The second-order valence-corrected chi connectivity index (χ2v) is 2.59. The maximum Gasteiger partial charge on any atom is 0.0317 e. The molecule has 0 bridgehead atoms. The molecule has 0 radical (unpaired) electrons. The maximum atomic E-state index is 3.73. The molecule has 0 saturated carbocycles. The van der Waals surface area contributed by atoms with Crippen molar-refractivity contribution >= 4 is 6.08 Å². The summed E-state index contributed by atoms with van der Waals surface area (Å²) in [5.74, 6) is 6.08. The lowest BCUT2D eigenvalue weighted by Gasteiger charge is -1.95. The second-order valence-electron chi connectivity index (χ2n) is 2.59. The third-order valence-electron chi connectivity index (χ3n) is 1.65. The van der Waals surface area contributed by atoms with Crippen molar-refractivity contribution in [1.82, 2.24) is 0 Å². The van der Waals surface area contributed by atoms with Gasteiger partial charge in [0.25, 0.3) is 0 Å². The molecule has 13 heavy (non-hydrogen) atoms. The van der Waals surface area contributed by atoms with Gasteiger partial charge in [-0.2, -0.15) is 0 Å². The Morgan fingerprint density at radius 2 is 2.00 bits per heavy atom. The molecule has 1 rings (SSSR count). The predicted molar refractivity (Wildman–Crippen MR) is 58.2 cm³/mol. The van der Waals surface area contributed by atoms with Crippen molar-refractivity contribution in [2.45, 2.75) is 6.42 Å². The van der Waals surface area contributed by atoms with Crippen LogP contribution in [0.4, 0.5) is 0 Å². The molecule has 0 unspecified atom stereocenters. The Hall–Kier alpha value is -1.74. The fraction of sp³-hybridized carbons (Fsp3) is 0.0769. The Kier molecular flexibility index (Phi) is 3.60. The molecule has 0 atom stereocenters. The zero-order valence-corrected chi connectivity index (χ0v) is 7.59. The standard InChI is InChI=1S/C13H12/c1-3-5-6-10-13-11-8-7-9-12(13)4-2/h3-4,7-9,11H,1-2,5H2. The van der Waals surface area contributed by atoms with Crippen LogP contribution in [-0.2, 0) is 0 Å². The van der Waals surface area contributed by atoms with Crippen LogP contribution in [0.3, 0.4) is 0 Å². The third-order valence-corrected chi connectivity index (χ3v) is 1.65. The summed E-state index contributed by atoms with van der Waals surface area (Å²) in [6.07, 6.45) is 4.34. The molecule has 1 aromatic carbocycles. The Morgan fingerprint density at radius 1 is 1.23 bits per heavy atom. The molecular weight excluding hydrogens is 156 g/mol. The fourth-order valence-corrected chi connectivity index (χ4v) is 1.01. The van der Waals surface area contributed by atoms with Gasteiger partial charge < -0.3 is 0 Å². The van der Waals surface area contributed by atoms with Gasteiger partial charge in [0.1, 0.15) is 0 Å². The minimum absolute atomic E-state index is 0.728. The van der Waals surface area contributed by atoms with E-state index in [-0.39, 0.29) is 0 Å². The molecule has 0 aliphatic heterocycles. The van der Waals surface area contributed by atoms with Crippen LogP contribution in [0.2, 0.25) is 0 Å². The lowest BCUT2D eigenvalue weighted by atomic mass is 10.1. The first-order valence-electron chi connectivity index (χ1n) is 4.19. The summed E-state index contributed by atoms with van der Waals surface area (Å²) in [5, 5.41) is 0. The highest BCUT2D eigenvalue weighted by atomic mass is 13.9. The first-order chi connectivity index (χ1) is 6.38. The highest BCUT2D eigenvalue weighted by Gasteiger charge is 1.91. The van der Waals surface area contributed by atoms with Crippen LogP contribution >= 0.6 is 0 Å². The quantitative estimate of drug-likeness (QED) is 0.469. The van der Waals surface area contributed by atoms with E-state index in [9.17, 15) is 0 Å². The van der Waals surface area contributed by atoms with Crippen LogP contribution < -0.4 is 0 Å². The summed E-state index contributed by atoms with van der Waals surface area (Å²) in [7, 11) is 0. The van der Waals surface area contributed by atoms with E-state index < -0.39 is 0 Å².